The molecule has 0 aliphatic rings. The van der Waals surface area contributed by atoms with Gasteiger partial charge in [0.2, 0.25) is 11.8 Å². The van der Waals surface area contributed by atoms with Gasteiger partial charge in [0.15, 0.2) is 0 Å². The van der Waals surface area contributed by atoms with Gasteiger partial charge in [0.05, 0.1) is 13.7 Å². The van der Waals surface area contributed by atoms with Crippen LogP contribution in [0.3, 0.4) is 0 Å². The van der Waals surface area contributed by atoms with E-state index in [2.05, 4.69) is 5.32 Å². The number of nitrogens with one attached hydrogen (secondary N) is 1. The summed E-state index contributed by atoms with van der Waals surface area (Å²) in [5.74, 6) is 1.33. The first kappa shape index (κ1) is 24.3. The van der Waals surface area contributed by atoms with Crippen LogP contribution in [0.5, 0.6) is 11.5 Å². The highest BCUT2D eigenvalue weighted by atomic mass is 16.5. The van der Waals surface area contributed by atoms with Gasteiger partial charge in [-0.15, -0.1) is 0 Å². The number of methoxy groups -OCH3 is 1. The zero-order valence-corrected chi connectivity index (χ0v) is 19.0. The molecule has 0 saturated carbocycles. The van der Waals surface area contributed by atoms with Gasteiger partial charge >= 0.3 is 0 Å². The van der Waals surface area contributed by atoms with Crippen molar-refractivity contribution >= 4 is 11.8 Å². The standard InChI is InChI=1S/C25H34N2O4/c1-5-23(25(29)26-6-2)27(18-20-9-7-10-22(17-20)30-4)24(28)11-8-16-31-21-14-12-19(3)13-15-21/h7,9-10,12-15,17,23H,5-6,8,11,16,18H2,1-4H3,(H,26,29)/t23-/m1/s1. The average Bonchev–Trinajstić information content (AvgIpc) is 2.78. The van der Waals surface area contributed by atoms with Crippen molar-refractivity contribution in [2.24, 2.45) is 0 Å². The lowest BCUT2D eigenvalue weighted by molar-refractivity contribution is -0.141. The van der Waals surface area contributed by atoms with E-state index in [0.717, 1.165) is 17.1 Å². The Balaban J connectivity index is 2.05. The molecule has 2 rings (SSSR count). The van der Waals surface area contributed by atoms with E-state index in [1.54, 1.807) is 12.0 Å². The molecule has 0 bridgehead atoms. The average molecular weight is 427 g/mol. The fourth-order valence-corrected chi connectivity index (χ4v) is 3.37. The molecular weight excluding hydrogens is 392 g/mol. The van der Waals surface area contributed by atoms with E-state index >= 15 is 0 Å². The first-order valence-corrected chi connectivity index (χ1v) is 10.9. The van der Waals surface area contributed by atoms with Crippen LogP contribution in [-0.2, 0) is 16.1 Å². The Kier molecular flexibility index (Phi) is 9.88. The van der Waals surface area contributed by atoms with Crippen LogP contribution in [0.25, 0.3) is 0 Å². The molecule has 0 spiro atoms. The van der Waals surface area contributed by atoms with Gasteiger partial charge in [-0.3, -0.25) is 9.59 Å². The van der Waals surface area contributed by atoms with Crippen molar-refractivity contribution in [1.82, 2.24) is 10.2 Å². The zero-order valence-electron chi connectivity index (χ0n) is 19.0. The van der Waals surface area contributed by atoms with Gasteiger partial charge in [0.1, 0.15) is 17.5 Å². The number of aryl methyl sites for hydroxylation is 1. The van der Waals surface area contributed by atoms with Crippen molar-refractivity contribution in [3.05, 3.63) is 59.7 Å². The predicted octanol–water partition coefficient (Wildman–Crippen LogP) is 4.11. The third-order valence-electron chi connectivity index (χ3n) is 5.05. The number of hydrogen-bond acceptors (Lipinski definition) is 4. The number of nitrogens with zero attached hydrogens (tertiary/aromatic N) is 1. The molecule has 6 nitrogen and oxygen atoms in total. The fraction of sp³-hybridized carbons (Fsp3) is 0.440. The number of benzene rings is 2. The number of carbonyl (C=O) groups is 2. The minimum Gasteiger partial charge on any atom is -0.497 e. The smallest absolute Gasteiger partial charge is 0.242 e. The Hall–Kier alpha value is -3.02. The normalized spacial score (nSPS) is 11.5. The first-order chi connectivity index (χ1) is 15.0. The monoisotopic (exact) mass is 426 g/mol. The molecule has 1 N–H and O–H groups in total. The Labute approximate surface area is 185 Å². The van der Waals surface area contributed by atoms with Crippen molar-refractivity contribution in [1.29, 1.82) is 0 Å². The highest BCUT2D eigenvalue weighted by Crippen LogP contribution is 2.18. The van der Waals surface area contributed by atoms with Crippen LogP contribution < -0.4 is 14.8 Å². The lowest BCUT2D eigenvalue weighted by Crippen LogP contribution is -2.49. The van der Waals surface area contributed by atoms with E-state index in [9.17, 15) is 9.59 Å². The molecule has 0 aliphatic carbocycles. The highest BCUT2D eigenvalue weighted by molar-refractivity contribution is 5.87. The quantitative estimate of drug-likeness (QED) is 0.519. The summed E-state index contributed by atoms with van der Waals surface area (Å²) in [6, 6.07) is 14.9. The van der Waals surface area contributed by atoms with Crippen molar-refractivity contribution < 1.29 is 19.1 Å². The van der Waals surface area contributed by atoms with Crippen molar-refractivity contribution in [3.8, 4) is 11.5 Å². The van der Waals surface area contributed by atoms with Gasteiger partial charge in [-0.05, 0) is 56.5 Å². The lowest BCUT2D eigenvalue weighted by Gasteiger charge is -2.30. The van der Waals surface area contributed by atoms with Gasteiger partial charge in [0.25, 0.3) is 0 Å². The van der Waals surface area contributed by atoms with Crippen LogP contribution in [-0.4, -0.2) is 43.0 Å². The van der Waals surface area contributed by atoms with Gasteiger partial charge in [-0.25, -0.2) is 0 Å². The summed E-state index contributed by atoms with van der Waals surface area (Å²) < 4.78 is 11.0. The number of amides is 2. The molecule has 0 radical (unpaired) electrons. The van der Waals surface area contributed by atoms with E-state index in [1.807, 2.05) is 69.3 Å². The lowest BCUT2D eigenvalue weighted by atomic mass is 10.1. The van der Waals surface area contributed by atoms with E-state index in [0.29, 0.717) is 39.0 Å². The molecular formula is C25H34N2O4. The second-order valence-electron chi connectivity index (χ2n) is 7.46. The molecule has 168 valence electrons. The molecule has 0 heterocycles. The Morgan fingerprint density at radius 1 is 1.06 bits per heavy atom. The van der Waals surface area contributed by atoms with Crippen LogP contribution in [0.2, 0.25) is 0 Å². The fourth-order valence-electron chi connectivity index (χ4n) is 3.37. The third-order valence-corrected chi connectivity index (χ3v) is 5.05. The van der Waals surface area contributed by atoms with Gasteiger partial charge in [-0.2, -0.15) is 0 Å². The maximum Gasteiger partial charge on any atom is 0.242 e. The number of rotatable bonds is 12. The molecule has 31 heavy (non-hydrogen) atoms. The molecule has 2 amide bonds. The Morgan fingerprint density at radius 3 is 2.45 bits per heavy atom. The molecule has 0 unspecified atom stereocenters. The van der Waals surface area contributed by atoms with Crippen molar-refractivity contribution in [2.75, 3.05) is 20.3 Å². The summed E-state index contributed by atoms with van der Waals surface area (Å²) >= 11 is 0. The van der Waals surface area contributed by atoms with Crippen LogP contribution in [0.4, 0.5) is 0 Å². The number of likely N-dealkylation sites (N-methyl/N-ethyl adjacent to an activating group) is 1. The minimum atomic E-state index is -0.517. The summed E-state index contributed by atoms with van der Waals surface area (Å²) in [5.41, 5.74) is 2.10. The van der Waals surface area contributed by atoms with Crippen LogP contribution in [0, 0.1) is 6.92 Å². The summed E-state index contributed by atoms with van der Waals surface area (Å²) in [5, 5.41) is 2.85. The second kappa shape index (κ2) is 12.6. The van der Waals surface area contributed by atoms with Crippen LogP contribution in [0.15, 0.2) is 48.5 Å². The van der Waals surface area contributed by atoms with Gasteiger partial charge < -0.3 is 19.7 Å². The van der Waals surface area contributed by atoms with Crippen molar-refractivity contribution in [3.63, 3.8) is 0 Å². The number of hydrogen-bond donors (Lipinski definition) is 1. The van der Waals surface area contributed by atoms with E-state index < -0.39 is 6.04 Å². The van der Waals surface area contributed by atoms with Gasteiger partial charge in [-0.1, -0.05) is 36.8 Å². The Morgan fingerprint density at radius 2 is 1.81 bits per heavy atom. The molecule has 0 fully saturated rings. The molecule has 6 heteroatoms. The number of carbonyl (C=O) groups excluding carboxylic acids is 2. The summed E-state index contributed by atoms with van der Waals surface area (Å²) in [6.45, 7) is 7.15. The van der Waals surface area contributed by atoms with Gasteiger partial charge in [0, 0.05) is 19.5 Å². The van der Waals surface area contributed by atoms with E-state index in [1.165, 1.54) is 5.56 Å². The van der Waals surface area contributed by atoms with Crippen LogP contribution in [0.1, 0.15) is 44.2 Å². The highest BCUT2D eigenvalue weighted by Gasteiger charge is 2.28. The maximum absolute atomic E-state index is 13.1. The molecule has 0 saturated heterocycles. The molecule has 2 aromatic rings. The molecule has 2 aromatic carbocycles. The Bertz CT molecular complexity index is 836. The second-order valence-corrected chi connectivity index (χ2v) is 7.46. The third kappa shape index (κ3) is 7.63. The van der Waals surface area contributed by atoms with E-state index in [-0.39, 0.29) is 11.8 Å². The minimum absolute atomic E-state index is 0.0616. The maximum atomic E-state index is 13.1. The van der Waals surface area contributed by atoms with E-state index in [4.69, 9.17) is 9.47 Å². The summed E-state index contributed by atoms with van der Waals surface area (Å²) in [7, 11) is 1.61. The number of ether oxygens (including phenoxy) is 2. The largest absolute Gasteiger partial charge is 0.497 e. The summed E-state index contributed by atoms with van der Waals surface area (Å²) in [6.07, 6.45) is 1.43. The molecule has 0 aromatic heterocycles. The summed E-state index contributed by atoms with van der Waals surface area (Å²) in [4.78, 5) is 27.4. The molecule has 1 atom stereocenters. The SMILES string of the molecule is CCNC(=O)[C@@H](CC)N(Cc1cccc(OC)c1)C(=O)CCCOc1ccc(C)cc1. The topological polar surface area (TPSA) is 67.9 Å². The first-order valence-electron chi connectivity index (χ1n) is 10.9. The zero-order chi connectivity index (χ0) is 22.6. The van der Waals surface area contributed by atoms with Crippen LogP contribution >= 0.6 is 0 Å². The predicted molar refractivity (Wildman–Crippen MR) is 122 cm³/mol. The molecule has 0 aliphatic heterocycles. The van der Waals surface area contributed by atoms with Crippen molar-refractivity contribution in [2.45, 2.75) is 52.6 Å².